The number of hydrogen-bond donors (Lipinski definition) is 1. The average molecular weight is 401 g/mol. The zero-order valence-electron chi connectivity index (χ0n) is 16.3. The van der Waals surface area contributed by atoms with Gasteiger partial charge in [-0.05, 0) is 42.5 Å². The van der Waals surface area contributed by atoms with E-state index in [-0.39, 0.29) is 16.7 Å². The molecule has 1 unspecified atom stereocenters. The molecule has 1 atom stereocenters. The number of carbonyl (C=O) groups is 1. The summed E-state index contributed by atoms with van der Waals surface area (Å²) < 4.78 is 27.5. The highest BCUT2D eigenvalue weighted by Gasteiger charge is 2.25. The van der Waals surface area contributed by atoms with Crippen LogP contribution in [0.1, 0.15) is 54.4 Å². The minimum atomic E-state index is -3.56. The Morgan fingerprint density at radius 1 is 1.00 bits per heavy atom. The molecule has 1 saturated heterocycles. The van der Waals surface area contributed by atoms with Crippen molar-refractivity contribution in [3.05, 3.63) is 65.7 Å². The number of nitrogens with one attached hydrogen (secondary N) is 1. The first-order valence-electron chi connectivity index (χ1n) is 9.92. The lowest BCUT2D eigenvalue weighted by atomic mass is 10.0. The SMILES string of the molecule is CC(CNC(=O)c1cccc(S(=O)(=O)N2CCCCCC2)c1)c1ccccc1. The molecule has 6 heteroatoms. The Morgan fingerprint density at radius 3 is 2.36 bits per heavy atom. The summed E-state index contributed by atoms with van der Waals surface area (Å²) in [7, 11) is -3.56. The molecule has 0 radical (unpaired) electrons. The molecule has 5 nitrogen and oxygen atoms in total. The van der Waals surface area contributed by atoms with E-state index in [2.05, 4.69) is 12.2 Å². The van der Waals surface area contributed by atoms with Crippen LogP contribution in [0.25, 0.3) is 0 Å². The second-order valence-corrected chi connectivity index (χ2v) is 9.31. The first-order chi connectivity index (χ1) is 13.5. The Balaban J connectivity index is 1.69. The first kappa shape index (κ1) is 20.6. The van der Waals surface area contributed by atoms with Gasteiger partial charge in [0.15, 0.2) is 0 Å². The van der Waals surface area contributed by atoms with Crippen LogP contribution in [0.15, 0.2) is 59.5 Å². The number of hydrogen-bond acceptors (Lipinski definition) is 3. The molecular formula is C22H28N2O3S. The number of benzene rings is 2. The van der Waals surface area contributed by atoms with E-state index in [0.29, 0.717) is 25.2 Å². The van der Waals surface area contributed by atoms with Gasteiger partial charge >= 0.3 is 0 Å². The molecule has 0 bridgehead atoms. The maximum Gasteiger partial charge on any atom is 0.251 e. The van der Waals surface area contributed by atoms with Gasteiger partial charge in [-0.1, -0.05) is 56.2 Å². The van der Waals surface area contributed by atoms with Gasteiger partial charge in [-0.15, -0.1) is 0 Å². The molecule has 0 aromatic heterocycles. The summed E-state index contributed by atoms with van der Waals surface area (Å²) in [6.45, 7) is 3.64. The van der Waals surface area contributed by atoms with Crippen LogP contribution >= 0.6 is 0 Å². The van der Waals surface area contributed by atoms with Crippen LogP contribution in [0, 0.1) is 0 Å². The highest BCUT2D eigenvalue weighted by molar-refractivity contribution is 7.89. The van der Waals surface area contributed by atoms with Gasteiger partial charge in [0.2, 0.25) is 10.0 Å². The van der Waals surface area contributed by atoms with Crippen molar-refractivity contribution in [2.24, 2.45) is 0 Å². The fraction of sp³-hybridized carbons (Fsp3) is 0.409. The van der Waals surface area contributed by atoms with E-state index in [9.17, 15) is 13.2 Å². The fourth-order valence-corrected chi connectivity index (χ4v) is 5.04. The molecule has 2 aromatic carbocycles. The van der Waals surface area contributed by atoms with Gasteiger partial charge in [0.1, 0.15) is 0 Å². The molecule has 1 amide bonds. The predicted octanol–water partition coefficient (Wildman–Crippen LogP) is 3.78. The van der Waals surface area contributed by atoms with E-state index < -0.39 is 10.0 Å². The lowest BCUT2D eigenvalue weighted by Gasteiger charge is -2.20. The molecule has 1 heterocycles. The molecule has 150 valence electrons. The lowest BCUT2D eigenvalue weighted by Crippen LogP contribution is -2.32. The third-order valence-corrected chi connectivity index (χ3v) is 7.13. The van der Waals surface area contributed by atoms with Crippen molar-refractivity contribution in [3.63, 3.8) is 0 Å². The summed E-state index contributed by atoms with van der Waals surface area (Å²) in [5.74, 6) is -0.0788. The summed E-state index contributed by atoms with van der Waals surface area (Å²) in [6, 6.07) is 16.3. The van der Waals surface area contributed by atoms with Gasteiger partial charge in [0, 0.05) is 25.2 Å². The molecule has 0 saturated carbocycles. The van der Waals surface area contributed by atoms with Crippen molar-refractivity contribution in [2.45, 2.75) is 43.4 Å². The topological polar surface area (TPSA) is 66.5 Å². The van der Waals surface area contributed by atoms with Crippen molar-refractivity contribution >= 4 is 15.9 Å². The first-order valence-corrected chi connectivity index (χ1v) is 11.4. The van der Waals surface area contributed by atoms with Gasteiger partial charge in [-0.25, -0.2) is 8.42 Å². The summed E-state index contributed by atoms with van der Waals surface area (Å²) in [5, 5.41) is 2.92. The van der Waals surface area contributed by atoms with E-state index in [1.54, 1.807) is 22.5 Å². The summed E-state index contributed by atoms with van der Waals surface area (Å²) in [6.07, 6.45) is 3.90. The molecule has 0 spiro atoms. The second-order valence-electron chi connectivity index (χ2n) is 7.37. The number of nitrogens with zero attached hydrogens (tertiary/aromatic N) is 1. The standard InChI is InChI=1S/C22H28N2O3S/c1-18(19-10-5-4-6-11-19)17-23-22(25)20-12-9-13-21(16-20)28(26,27)24-14-7-2-3-8-15-24/h4-6,9-13,16,18H,2-3,7-8,14-15,17H2,1H3,(H,23,25). The molecule has 1 aliphatic heterocycles. The predicted molar refractivity (Wildman–Crippen MR) is 111 cm³/mol. The van der Waals surface area contributed by atoms with Crippen molar-refractivity contribution in [1.82, 2.24) is 9.62 Å². The summed E-state index contributed by atoms with van der Waals surface area (Å²) in [4.78, 5) is 12.8. The van der Waals surface area contributed by atoms with E-state index in [0.717, 1.165) is 31.2 Å². The summed E-state index contributed by atoms with van der Waals surface area (Å²) in [5.41, 5.74) is 1.52. The molecule has 1 aliphatic rings. The van der Waals surface area contributed by atoms with Crippen LogP contribution in [-0.2, 0) is 10.0 Å². The Kier molecular flexibility index (Phi) is 6.86. The molecule has 28 heavy (non-hydrogen) atoms. The Morgan fingerprint density at radius 2 is 1.68 bits per heavy atom. The van der Waals surface area contributed by atoms with Crippen molar-refractivity contribution < 1.29 is 13.2 Å². The van der Waals surface area contributed by atoms with E-state index >= 15 is 0 Å². The number of carbonyl (C=O) groups excluding carboxylic acids is 1. The number of amides is 1. The van der Waals surface area contributed by atoms with Gasteiger partial charge in [-0.2, -0.15) is 4.31 Å². The quantitative estimate of drug-likeness (QED) is 0.802. The molecule has 2 aromatic rings. The maximum atomic E-state index is 13.0. The van der Waals surface area contributed by atoms with Crippen molar-refractivity contribution in [3.8, 4) is 0 Å². The third kappa shape index (κ3) is 5.00. The van der Waals surface area contributed by atoms with Crippen LogP contribution in [-0.4, -0.2) is 38.3 Å². The largest absolute Gasteiger partial charge is 0.351 e. The van der Waals surface area contributed by atoms with Crippen LogP contribution < -0.4 is 5.32 Å². The van der Waals surface area contributed by atoms with Crippen LogP contribution in [0.3, 0.4) is 0 Å². The van der Waals surface area contributed by atoms with Gasteiger partial charge in [0.05, 0.1) is 4.90 Å². The van der Waals surface area contributed by atoms with Crippen LogP contribution in [0.2, 0.25) is 0 Å². The third-order valence-electron chi connectivity index (χ3n) is 5.24. The molecule has 0 aliphatic carbocycles. The fourth-order valence-electron chi connectivity index (χ4n) is 3.48. The minimum Gasteiger partial charge on any atom is -0.351 e. The second kappa shape index (κ2) is 9.34. The smallest absolute Gasteiger partial charge is 0.251 e. The Bertz CT molecular complexity index is 889. The van der Waals surface area contributed by atoms with Gasteiger partial charge in [-0.3, -0.25) is 4.79 Å². The lowest BCUT2D eigenvalue weighted by molar-refractivity contribution is 0.0951. The molecule has 3 rings (SSSR count). The summed E-state index contributed by atoms with van der Waals surface area (Å²) >= 11 is 0. The zero-order valence-corrected chi connectivity index (χ0v) is 17.1. The van der Waals surface area contributed by atoms with E-state index in [4.69, 9.17) is 0 Å². The average Bonchev–Trinajstić information content (AvgIpc) is 3.02. The minimum absolute atomic E-state index is 0.175. The van der Waals surface area contributed by atoms with E-state index in [1.165, 1.54) is 6.07 Å². The molecule has 1 fully saturated rings. The van der Waals surface area contributed by atoms with Crippen molar-refractivity contribution in [2.75, 3.05) is 19.6 Å². The highest BCUT2D eigenvalue weighted by Crippen LogP contribution is 2.21. The molecular weight excluding hydrogens is 372 g/mol. The monoisotopic (exact) mass is 400 g/mol. The molecule has 1 N–H and O–H groups in total. The number of rotatable bonds is 6. The van der Waals surface area contributed by atoms with Crippen molar-refractivity contribution in [1.29, 1.82) is 0 Å². The Hall–Kier alpha value is -2.18. The van der Waals surface area contributed by atoms with E-state index in [1.807, 2.05) is 30.3 Å². The Labute approximate surface area is 167 Å². The highest BCUT2D eigenvalue weighted by atomic mass is 32.2. The maximum absolute atomic E-state index is 13.0. The van der Waals surface area contributed by atoms with Gasteiger partial charge < -0.3 is 5.32 Å². The van der Waals surface area contributed by atoms with Crippen LogP contribution in [0.4, 0.5) is 0 Å². The zero-order chi connectivity index (χ0) is 20.0. The van der Waals surface area contributed by atoms with Gasteiger partial charge in [0.25, 0.3) is 5.91 Å². The number of sulfonamides is 1. The normalized spacial score (nSPS) is 16.9. The van der Waals surface area contributed by atoms with Crippen LogP contribution in [0.5, 0.6) is 0 Å².